The highest BCUT2D eigenvalue weighted by atomic mass is 35.5. The fourth-order valence-corrected chi connectivity index (χ4v) is 5.90. The Kier molecular flexibility index (Phi) is 38.7. The summed E-state index contributed by atoms with van der Waals surface area (Å²) in [6.45, 7) is 12.0. The predicted octanol–water partition coefficient (Wildman–Crippen LogP) is 12.3. The van der Waals surface area contributed by atoms with Crippen LogP contribution in [0.3, 0.4) is 0 Å². The Morgan fingerprint density at radius 2 is 0.773 bits per heavy atom. The highest BCUT2D eigenvalue weighted by molar-refractivity contribution is 5.85. The number of ether oxygens (including phenoxy) is 1. The summed E-state index contributed by atoms with van der Waals surface area (Å²) >= 11 is 0. The first-order valence-corrected chi connectivity index (χ1v) is 19.7. The van der Waals surface area contributed by atoms with Crippen molar-refractivity contribution in [3.63, 3.8) is 0 Å². The van der Waals surface area contributed by atoms with Gasteiger partial charge in [-0.15, -0.1) is 12.4 Å². The van der Waals surface area contributed by atoms with Crippen LogP contribution < -0.4 is 10.6 Å². The van der Waals surface area contributed by atoms with E-state index in [0.29, 0.717) is 6.61 Å². The molecule has 266 valence electrons. The van der Waals surface area contributed by atoms with Gasteiger partial charge in [-0.05, 0) is 52.7 Å². The monoisotopic (exact) mass is 645 g/mol. The summed E-state index contributed by atoms with van der Waals surface area (Å²) in [5.74, 6) is -0.114. The van der Waals surface area contributed by atoms with E-state index < -0.39 is 5.54 Å². The summed E-state index contributed by atoms with van der Waals surface area (Å²) in [7, 11) is 0. The highest BCUT2D eigenvalue weighted by Gasteiger charge is 2.28. The van der Waals surface area contributed by atoms with E-state index in [1.54, 1.807) is 0 Å². The average Bonchev–Trinajstić information content (AvgIpc) is 3.00. The summed E-state index contributed by atoms with van der Waals surface area (Å²) in [6.07, 6.45) is 39.6. The summed E-state index contributed by atoms with van der Waals surface area (Å²) in [5, 5.41) is 6.97. The Labute approximate surface area is 283 Å². The largest absolute Gasteiger partial charge is 0.464 e. The highest BCUT2D eigenvalue weighted by Crippen LogP contribution is 2.14. The molecule has 0 aromatic heterocycles. The number of esters is 1. The molecule has 0 aromatic rings. The molecular formula is C39H81ClN2O2. The van der Waals surface area contributed by atoms with Crippen molar-refractivity contribution in [2.75, 3.05) is 26.2 Å². The Hall–Kier alpha value is -0.320. The third-order valence-electron chi connectivity index (χ3n) is 9.05. The van der Waals surface area contributed by atoms with Crippen molar-refractivity contribution in [2.24, 2.45) is 0 Å². The van der Waals surface area contributed by atoms with Crippen LogP contribution in [-0.2, 0) is 9.53 Å². The van der Waals surface area contributed by atoms with Gasteiger partial charge in [0.1, 0.15) is 5.54 Å². The Morgan fingerprint density at radius 3 is 1.16 bits per heavy atom. The van der Waals surface area contributed by atoms with Gasteiger partial charge in [-0.2, -0.15) is 0 Å². The number of hydrogen-bond donors (Lipinski definition) is 2. The van der Waals surface area contributed by atoms with Crippen LogP contribution in [0, 0.1) is 0 Å². The molecule has 0 atom stereocenters. The van der Waals surface area contributed by atoms with Gasteiger partial charge in [-0.1, -0.05) is 181 Å². The predicted molar refractivity (Wildman–Crippen MR) is 198 cm³/mol. The van der Waals surface area contributed by atoms with E-state index in [-0.39, 0.29) is 18.4 Å². The zero-order valence-corrected chi connectivity index (χ0v) is 31.4. The molecular weight excluding hydrogens is 564 g/mol. The molecule has 0 spiro atoms. The van der Waals surface area contributed by atoms with Gasteiger partial charge in [0, 0.05) is 0 Å². The van der Waals surface area contributed by atoms with Crippen LogP contribution in [0.2, 0.25) is 0 Å². The van der Waals surface area contributed by atoms with Crippen LogP contribution in [-0.4, -0.2) is 37.7 Å². The maximum Gasteiger partial charge on any atom is 0.325 e. The van der Waals surface area contributed by atoms with Crippen molar-refractivity contribution >= 4 is 18.4 Å². The second-order valence-electron chi connectivity index (χ2n) is 14.0. The first-order valence-electron chi connectivity index (χ1n) is 19.7. The van der Waals surface area contributed by atoms with Crippen LogP contribution >= 0.6 is 12.4 Å². The number of rotatable bonds is 36. The Morgan fingerprint density at radius 1 is 0.455 bits per heavy atom. The number of hydrogen-bond acceptors (Lipinski definition) is 4. The van der Waals surface area contributed by atoms with Gasteiger partial charge in [0.15, 0.2) is 0 Å². The summed E-state index contributed by atoms with van der Waals surface area (Å²) < 4.78 is 5.58. The zero-order chi connectivity index (χ0) is 31.5. The SMILES string of the molecule is CCCCCCCCCCCCCCCCCCNCCCNC(C)(C)C(=O)OCCCCCCCCCCCCCC.Cl. The van der Waals surface area contributed by atoms with Crippen LogP contribution in [0.4, 0.5) is 0 Å². The first-order chi connectivity index (χ1) is 21.0. The molecule has 4 nitrogen and oxygen atoms in total. The van der Waals surface area contributed by atoms with Gasteiger partial charge in [0.2, 0.25) is 0 Å². The second kappa shape index (κ2) is 37.1. The number of halogens is 1. The van der Waals surface area contributed by atoms with E-state index in [9.17, 15) is 4.79 Å². The minimum atomic E-state index is -0.606. The molecule has 2 N–H and O–H groups in total. The molecule has 0 bridgehead atoms. The fraction of sp³-hybridized carbons (Fsp3) is 0.974. The van der Waals surface area contributed by atoms with Crippen molar-refractivity contribution in [2.45, 2.75) is 219 Å². The normalized spacial score (nSPS) is 11.5. The lowest BCUT2D eigenvalue weighted by Crippen LogP contribution is -2.48. The lowest BCUT2D eigenvalue weighted by atomic mass is 10.0. The molecule has 44 heavy (non-hydrogen) atoms. The van der Waals surface area contributed by atoms with Gasteiger partial charge in [-0.3, -0.25) is 4.79 Å². The number of nitrogens with one attached hydrogen (secondary N) is 2. The minimum absolute atomic E-state index is 0. The molecule has 0 saturated heterocycles. The summed E-state index contributed by atoms with van der Waals surface area (Å²) in [6, 6.07) is 0. The standard InChI is InChI=1S/C39H80N2O2.ClH/c1-5-7-9-11-13-15-17-19-20-21-22-23-25-27-29-31-34-40-35-33-36-41-39(3,4)38(42)43-37-32-30-28-26-24-18-16-14-12-10-8-6-2;/h40-41H,5-37H2,1-4H3;1H. The van der Waals surface area contributed by atoms with Gasteiger partial charge < -0.3 is 15.4 Å². The Bertz CT molecular complexity index is 558. The van der Waals surface area contributed by atoms with E-state index in [1.807, 2.05) is 13.8 Å². The third kappa shape index (κ3) is 34.6. The van der Waals surface area contributed by atoms with E-state index in [4.69, 9.17) is 4.74 Å². The quantitative estimate of drug-likeness (QED) is 0.0526. The van der Waals surface area contributed by atoms with Gasteiger partial charge in [0.05, 0.1) is 6.61 Å². The van der Waals surface area contributed by atoms with E-state index in [0.717, 1.165) is 32.5 Å². The van der Waals surface area contributed by atoms with Crippen molar-refractivity contribution in [1.29, 1.82) is 0 Å². The van der Waals surface area contributed by atoms with Crippen LogP contribution in [0.5, 0.6) is 0 Å². The molecule has 0 aliphatic heterocycles. The molecule has 0 aromatic carbocycles. The maximum atomic E-state index is 12.5. The number of unbranched alkanes of at least 4 members (excludes halogenated alkanes) is 26. The number of carbonyl (C=O) groups is 1. The number of carbonyl (C=O) groups excluding carboxylic acids is 1. The topological polar surface area (TPSA) is 50.4 Å². The van der Waals surface area contributed by atoms with E-state index in [2.05, 4.69) is 24.5 Å². The second-order valence-corrected chi connectivity index (χ2v) is 14.0. The molecule has 0 rings (SSSR count). The zero-order valence-electron chi connectivity index (χ0n) is 30.6. The summed E-state index contributed by atoms with van der Waals surface area (Å²) in [4.78, 5) is 12.5. The summed E-state index contributed by atoms with van der Waals surface area (Å²) in [5.41, 5.74) is -0.606. The van der Waals surface area contributed by atoms with Crippen LogP contribution in [0.1, 0.15) is 214 Å². The lowest BCUT2D eigenvalue weighted by Gasteiger charge is -2.24. The molecule has 0 heterocycles. The average molecular weight is 646 g/mol. The van der Waals surface area contributed by atoms with Gasteiger partial charge >= 0.3 is 5.97 Å². The minimum Gasteiger partial charge on any atom is -0.464 e. The maximum absolute atomic E-state index is 12.5. The van der Waals surface area contributed by atoms with Crippen molar-refractivity contribution in [1.82, 2.24) is 10.6 Å². The lowest BCUT2D eigenvalue weighted by molar-refractivity contribution is -0.150. The third-order valence-corrected chi connectivity index (χ3v) is 9.05. The van der Waals surface area contributed by atoms with Gasteiger partial charge in [0.25, 0.3) is 0 Å². The van der Waals surface area contributed by atoms with Crippen LogP contribution in [0.25, 0.3) is 0 Å². The van der Waals surface area contributed by atoms with Crippen molar-refractivity contribution < 1.29 is 9.53 Å². The molecule has 0 amide bonds. The molecule has 5 heteroatoms. The molecule has 0 unspecified atom stereocenters. The molecule has 0 aliphatic rings. The van der Waals surface area contributed by atoms with Crippen molar-refractivity contribution in [3.8, 4) is 0 Å². The van der Waals surface area contributed by atoms with Crippen molar-refractivity contribution in [3.05, 3.63) is 0 Å². The Balaban J connectivity index is 0. The first kappa shape index (κ1) is 45.8. The van der Waals surface area contributed by atoms with Crippen LogP contribution in [0.15, 0.2) is 0 Å². The van der Waals surface area contributed by atoms with E-state index >= 15 is 0 Å². The molecule has 0 saturated carbocycles. The van der Waals surface area contributed by atoms with Gasteiger partial charge in [-0.25, -0.2) is 0 Å². The molecule has 0 radical (unpaired) electrons. The molecule has 0 fully saturated rings. The fourth-order valence-electron chi connectivity index (χ4n) is 5.90. The smallest absolute Gasteiger partial charge is 0.325 e. The molecule has 0 aliphatic carbocycles. The van der Waals surface area contributed by atoms with E-state index in [1.165, 1.54) is 173 Å².